The molecule has 0 heterocycles. The molecule has 0 bridgehead atoms. The Kier molecular flexibility index (Phi) is 5.11. The first-order valence-corrected chi connectivity index (χ1v) is 9.03. The van der Waals surface area contributed by atoms with Crippen molar-refractivity contribution < 1.29 is 17.9 Å². The summed E-state index contributed by atoms with van der Waals surface area (Å²) >= 11 is 0. The van der Waals surface area contributed by atoms with Crippen molar-refractivity contribution in [2.24, 2.45) is 11.7 Å². The molecule has 23 heavy (non-hydrogen) atoms. The molecular formula is C16H22N2O4S. The van der Waals surface area contributed by atoms with E-state index in [1.54, 1.807) is 18.2 Å². The zero-order chi connectivity index (χ0) is 17.1. The number of carbonyl (C=O) groups is 1. The molecule has 0 aromatic heterocycles. The average Bonchev–Trinajstić information content (AvgIpc) is 3.20. The first-order chi connectivity index (χ1) is 10.8. The Bertz CT molecular complexity index is 702. The Morgan fingerprint density at radius 3 is 2.91 bits per heavy atom. The number of sulfonamides is 1. The van der Waals surface area contributed by atoms with E-state index in [0.29, 0.717) is 18.8 Å². The summed E-state index contributed by atoms with van der Waals surface area (Å²) in [5.74, 6) is -0.451. The third kappa shape index (κ3) is 3.92. The van der Waals surface area contributed by atoms with E-state index < -0.39 is 21.5 Å². The normalized spacial score (nSPS) is 23.1. The highest BCUT2D eigenvalue weighted by atomic mass is 32.2. The predicted molar refractivity (Wildman–Crippen MR) is 87.4 cm³/mol. The maximum atomic E-state index is 12.3. The summed E-state index contributed by atoms with van der Waals surface area (Å²) in [6.45, 7) is 6.13. The molecule has 6 nitrogen and oxygen atoms in total. The van der Waals surface area contributed by atoms with Gasteiger partial charge in [0.1, 0.15) is 11.3 Å². The Labute approximate surface area is 136 Å². The fraction of sp³-hybridized carbons (Fsp3) is 0.438. The summed E-state index contributed by atoms with van der Waals surface area (Å²) in [4.78, 5) is 12.1. The highest BCUT2D eigenvalue weighted by Gasteiger charge is 2.56. The van der Waals surface area contributed by atoms with Gasteiger partial charge in [-0.25, -0.2) is 13.1 Å². The molecule has 2 atom stereocenters. The van der Waals surface area contributed by atoms with Crippen molar-refractivity contribution in [3.05, 3.63) is 36.9 Å². The standard InChI is InChI=1S/C16H22N2O4S/c1-3-5-9-22-13-7-6-8-14(10-13)23(20,21)18-15(19)16(17)11-12(16)4-2/h4,6-8,10,12H,2-3,5,9,11,17H2,1H3,(H,18,19)/t12-,16-/m1/s1. The lowest BCUT2D eigenvalue weighted by Gasteiger charge is -2.13. The largest absolute Gasteiger partial charge is 0.494 e. The van der Waals surface area contributed by atoms with Gasteiger partial charge in [0.15, 0.2) is 0 Å². The first-order valence-electron chi connectivity index (χ1n) is 7.55. The molecule has 2 rings (SSSR count). The van der Waals surface area contributed by atoms with E-state index in [1.165, 1.54) is 12.1 Å². The highest BCUT2D eigenvalue weighted by Crippen LogP contribution is 2.42. The second kappa shape index (κ2) is 6.72. The number of rotatable bonds is 8. The lowest BCUT2D eigenvalue weighted by molar-refractivity contribution is -0.121. The van der Waals surface area contributed by atoms with Crippen LogP contribution >= 0.6 is 0 Å². The minimum absolute atomic E-state index is 0.0285. The average molecular weight is 338 g/mol. The smallest absolute Gasteiger partial charge is 0.264 e. The Balaban J connectivity index is 2.09. The number of hydrogen-bond acceptors (Lipinski definition) is 5. The van der Waals surface area contributed by atoms with Crippen molar-refractivity contribution in [2.75, 3.05) is 6.61 Å². The van der Waals surface area contributed by atoms with E-state index in [2.05, 4.69) is 6.58 Å². The van der Waals surface area contributed by atoms with Crippen LogP contribution in [0.2, 0.25) is 0 Å². The molecule has 3 N–H and O–H groups in total. The molecule has 7 heteroatoms. The second-order valence-electron chi connectivity index (χ2n) is 5.70. The van der Waals surface area contributed by atoms with E-state index >= 15 is 0 Å². The van der Waals surface area contributed by atoms with Crippen molar-refractivity contribution in [3.8, 4) is 5.75 Å². The van der Waals surface area contributed by atoms with Gasteiger partial charge in [0.05, 0.1) is 11.5 Å². The number of benzene rings is 1. The second-order valence-corrected chi connectivity index (χ2v) is 7.38. The van der Waals surface area contributed by atoms with Crippen LogP contribution in [0.5, 0.6) is 5.75 Å². The maximum Gasteiger partial charge on any atom is 0.264 e. The lowest BCUT2D eigenvalue weighted by Crippen LogP contribution is -2.46. The third-order valence-corrected chi connectivity index (χ3v) is 5.20. The Morgan fingerprint density at radius 2 is 2.30 bits per heavy atom. The van der Waals surface area contributed by atoms with Crippen LogP contribution in [0.3, 0.4) is 0 Å². The first kappa shape index (κ1) is 17.5. The Morgan fingerprint density at radius 1 is 1.57 bits per heavy atom. The predicted octanol–water partition coefficient (Wildman–Crippen LogP) is 1.57. The van der Waals surface area contributed by atoms with Crippen LogP contribution in [0.1, 0.15) is 26.2 Å². The number of unbranched alkanes of at least 4 members (excludes halogenated alkanes) is 1. The van der Waals surface area contributed by atoms with E-state index in [9.17, 15) is 13.2 Å². The monoisotopic (exact) mass is 338 g/mol. The number of ether oxygens (including phenoxy) is 1. The van der Waals surface area contributed by atoms with Crippen LogP contribution in [0.15, 0.2) is 41.8 Å². The quantitative estimate of drug-likeness (QED) is 0.554. The molecule has 1 aromatic rings. The summed E-state index contributed by atoms with van der Waals surface area (Å²) in [7, 11) is -3.98. The van der Waals surface area contributed by atoms with Gasteiger partial charge in [-0.05, 0) is 25.0 Å². The summed E-state index contributed by atoms with van der Waals surface area (Å²) in [6, 6.07) is 6.05. The van der Waals surface area contributed by atoms with Gasteiger partial charge >= 0.3 is 0 Å². The van der Waals surface area contributed by atoms with Gasteiger partial charge in [0.25, 0.3) is 15.9 Å². The van der Waals surface area contributed by atoms with Gasteiger partial charge in [-0.2, -0.15) is 0 Å². The van der Waals surface area contributed by atoms with Crippen molar-refractivity contribution in [3.63, 3.8) is 0 Å². The van der Waals surface area contributed by atoms with Crippen molar-refractivity contribution >= 4 is 15.9 Å². The molecule has 0 unspecified atom stereocenters. The van der Waals surface area contributed by atoms with Crippen molar-refractivity contribution in [1.29, 1.82) is 0 Å². The fourth-order valence-corrected chi connectivity index (χ4v) is 3.28. The number of hydrogen-bond donors (Lipinski definition) is 2. The molecule has 1 fully saturated rings. The van der Waals surface area contributed by atoms with Crippen LogP contribution in [0.4, 0.5) is 0 Å². The third-order valence-electron chi connectivity index (χ3n) is 3.88. The SMILES string of the molecule is C=C[C@@H]1C[C@]1(N)C(=O)NS(=O)(=O)c1cccc(OCCCC)c1. The van der Waals surface area contributed by atoms with Gasteiger partial charge < -0.3 is 10.5 Å². The molecule has 0 spiro atoms. The van der Waals surface area contributed by atoms with Crippen molar-refractivity contribution in [1.82, 2.24) is 4.72 Å². The van der Waals surface area contributed by atoms with Crippen LogP contribution in [0.25, 0.3) is 0 Å². The van der Waals surface area contributed by atoms with Crippen LogP contribution in [-0.2, 0) is 14.8 Å². The molecule has 1 aliphatic carbocycles. The zero-order valence-corrected chi connectivity index (χ0v) is 13.9. The van der Waals surface area contributed by atoms with E-state index in [4.69, 9.17) is 10.5 Å². The molecule has 0 radical (unpaired) electrons. The van der Waals surface area contributed by atoms with E-state index in [1.807, 2.05) is 11.6 Å². The molecule has 1 saturated carbocycles. The van der Waals surface area contributed by atoms with Gasteiger partial charge in [-0.3, -0.25) is 4.79 Å². The number of nitrogens with one attached hydrogen (secondary N) is 1. The molecule has 1 aromatic carbocycles. The van der Waals surface area contributed by atoms with Gasteiger partial charge in [0, 0.05) is 12.0 Å². The lowest BCUT2D eigenvalue weighted by atomic mass is 10.2. The molecule has 1 amide bonds. The zero-order valence-electron chi connectivity index (χ0n) is 13.1. The van der Waals surface area contributed by atoms with Crippen LogP contribution in [0, 0.1) is 5.92 Å². The van der Waals surface area contributed by atoms with Crippen LogP contribution < -0.4 is 15.2 Å². The summed E-state index contributed by atoms with van der Waals surface area (Å²) in [6.07, 6.45) is 3.83. The topological polar surface area (TPSA) is 98.5 Å². The summed E-state index contributed by atoms with van der Waals surface area (Å²) < 4.78 is 32.2. The molecule has 126 valence electrons. The van der Waals surface area contributed by atoms with E-state index in [0.717, 1.165) is 12.8 Å². The molecule has 0 saturated heterocycles. The molecular weight excluding hydrogens is 316 g/mol. The van der Waals surface area contributed by atoms with E-state index in [-0.39, 0.29) is 10.8 Å². The number of amides is 1. The highest BCUT2D eigenvalue weighted by molar-refractivity contribution is 7.90. The summed E-state index contributed by atoms with van der Waals surface area (Å²) in [5.41, 5.74) is 4.69. The minimum atomic E-state index is -3.98. The van der Waals surface area contributed by atoms with Gasteiger partial charge in [0.2, 0.25) is 0 Å². The van der Waals surface area contributed by atoms with Gasteiger partial charge in [-0.1, -0.05) is 25.5 Å². The number of carbonyl (C=O) groups excluding carboxylic acids is 1. The fourth-order valence-electron chi connectivity index (χ4n) is 2.20. The summed E-state index contributed by atoms with van der Waals surface area (Å²) in [5, 5.41) is 0. The minimum Gasteiger partial charge on any atom is -0.494 e. The van der Waals surface area contributed by atoms with Crippen molar-refractivity contribution in [2.45, 2.75) is 36.6 Å². The molecule has 1 aliphatic rings. The maximum absolute atomic E-state index is 12.3. The Hall–Kier alpha value is -1.86. The number of nitrogens with two attached hydrogens (primary N) is 1. The van der Waals surface area contributed by atoms with Gasteiger partial charge in [-0.15, -0.1) is 6.58 Å². The van der Waals surface area contributed by atoms with Crippen LogP contribution in [-0.4, -0.2) is 26.5 Å². The molecule has 0 aliphatic heterocycles.